The van der Waals surface area contributed by atoms with E-state index in [1.165, 1.54) is 5.56 Å². The van der Waals surface area contributed by atoms with Gasteiger partial charge in [-0.25, -0.2) is 4.98 Å². The van der Waals surface area contributed by atoms with Crippen molar-refractivity contribution in [2.75, 3.05) is 6.61 Å². The third-order valence-electron chi connectivity index (χ3n) is 2.25. The van der Waals surface area contributed by atoms with Crippen LogP contribution in [-0.4, -0.2) is 16.2 Å². The van der Waals surface area contributed by atoms with E-state index in [0.29, 0.717) is 13.2 Å². The summed E-state index contributed by atoms with van der Waals surface area (Å²) in [7, 11) is 0. The molecule has 0 aliphatic rings. The molecule has 0 amide bonds. The van der Waals surface area contributed by atoms with Crippen molar-refractivity contribution in [2.45, 2.75) is 13.2 Å². The largest absolute Gasteiger partial charge is 0.375 e. The minimum atomic E-state index is 0.673. The molecular formula is C12H13IN2O. The van der Waals surface area contributed by atoms with Crippen LogP contribution in [0.15, 0.2) is 42.9 Å². The Kier molecular flexibility index (Phi) is 4.35. The molecule has 3 nitrogen and oxygen atoms in total. The molecule has 2 aromatic rings. The molecule has 0 unspecified atom stereocenters. The second kappa shape index (κ2) is 6.00. The normalized spacial score (nSPS) is 10.6. The summed E-state index contributed by atoms with van der Waals surface area (Å²) in [6.07, 6.45) is 3.67. The third kappa shape index (κ3) is 3.31. The maximum atomic E-state index is 5.60. The summed E-state index contributed by atoms with van der Waals surface area (Å²) < 4.78 is 8.81. The van der Waals surface area contributed by atoms with Crippen molar-refractivity contribution in [3.05, 3.63) is 52.1 Å². The van der Waals surface area contributed by atoms with E-state index in [-0.39, 0.29) is 0 Å². The van der Waals surface area contributed by atoms with Crippen LogP contribution in [0.2, 0.25) is 0 Å². The maximum absolute atomic E-state index is 5.60. The van der Waals surface area contributed by atoms with Gasteiger partial charge in [0.2, 0.25) is 0 Å². The summed E-state index contributed by atoms with van der Waals surface area (Å²) in [5.74, 6) is 0. The Labute approximate surface area is 109 Å². The van der Waals surface area contributed by atoms with E-state index in [2.05, 4.69) is 44.3 Å². The molecule has 1 aromatic carbocycles. The Morgan fingerprint density at radius 1 is 1.25 bits per heavy atom. The Balaban J connectivity index is 1.72. The minimum absolute atomic E-state index is 0.673. The predicted molar refractivity (Wildman–Crippen MR) is 71.0 cm³/mol. The third-order valence-corrected chi connectivity index (χ3v) is 3.15. The molecule has 0 saturated carbocycles. The molecule has 0 aliphatic heterocycles. The highest BCUT2D eigenvalue weighted by molar-refractivity contribution is 14.1. The summed E-state index contributed by atoms with van der Waals surface area (Å²) in [6.45, 7) is 2.23. The number of imidazole rings is 1. The summed E-state index contributed by atoms with van der Waals surface area (Å²) >= 11 is 2.26. The zero-order valence-electron chi connectivity index (χ0n) is 8.84. The highest BCUT2D eigenvalue weighted by Crippen LogP contribution is 2.04. The van der Waals surface area contributed by atoms with Gasteiger partial charge in [-0.05, 0) is 28.2 Å². The Morgan fingerprint density at radius 3 is 2.75 bits per heavy atom. The van der Waals surface area contributed by atoms with Gasteiger partial charge in [0.1, 0.15) is 0 Å². The zero-order valence-corrected chi connectivity index (χ0v) is 11.0. The van der Waals surface area contributed by atoms with Gasteiger partial charge in [-0.15, -0.1) is 0 Å². The summed E-state index contributed by atoms with van der Waals surface area (Å²) in [5, 5.41) is 0. The molecule has 0 aliphatic carbocycles. The minimum Gasteiger partial charge on any atom is -0.375 e. The van der Waals surface area contributed by atoms with Crippen molar-refractivity contribution in [3.63, 3.8) is 0 Å². The highest BCUT2D eigenvalue weighted by Gasteiger charge is 1.97. The summed E-state index contributed by atoms with van der Waals surface area (Å²) in [5.41, 5.74) is 1.21. The van der Waals surface area contributed by atoms with E-state index in [1.807, 2.05) is 30.7 Å². The van der Waals surface area contributed by atoms with Crippen LogP contribution in [0.3, 0.4) is 0 Å². The fourth-order valence-corrected chi connectivity index (χ4v) is 1.92. The standard InChI is InChI=1S/C12H13IN2O/c13-12-8-14-10-15(12)6-7-16-9-11-4-2-1-3-5-11/h1-5,8,10H,6-7,9H2. The van der Waals surface area contributed by atoms with Crippen molar-refractivity contribution in [1.82, 2.24) is 9.55 Å². The first-order valence-corrected chi connectivity index (χ1v) is 6.21. The first-order chi connectivity index (χ1) is 7.86. The molecule has 84 valence electrons. The Morgan fingerprint density at radius 2 is 2.06 bits per heavy atom. The molecule has 1 aromatic heterocycles. The molecule has 0 spiro atoms. The lowest BCUT2D eigenvalue weighted by Crippen LogP contribution is -2.06. The quantitative estimate of drug-likeness (QED) is 0.623. The lowest BCUT2D eigenvalue weighted by atomic mass is 10.2. The second-order valence-electron chi connectivity index (χ2n) is 3.45. The highest BCUT2D eigenvalue weighted by atomic mass is 127. The zero-order chi connectivity index (χ0) is 11.2. The molecule has 0 radical (unpaired) electrons. The topological polar surface area (TPSA) is 27.1 Å². The molecular weight excluding hydrogens is 315 g/mol. The van der Waals surface area contributed by atoms with Gasteiger partial charge in [-0.3, -0.25) is 0 Å². The Bertz CT molecular complexity index is 428. The SMILES string of the molecule is Ic1cncn1CCOCc1ccccc1. The van der Waals surface area contributed by atoms with E-state index in [9.17, 15) is 0 Å². The fourth-order valence-electron chi connectivity index (χ4n) is 1.40. The number of aromatic nitrogens is 2. The van der Waals surface area contributed by atoms with E-state index in [1.54, 1.807) is 0 Å². The number of benzene rings is 1. The number of hydrogen-bond acceptors (Lipinski definition) is 2. The monoisotopic (exact) mass is 328 g/mol. The van der Waals surface area contributed by atoms with Gasteiger partial charge < -0.3 is 9.30 Å². The van der Waals surface area contributed by atoms with Crippen LogP contribution in [0, 0.1) is 3.70 Å². The number of nitrogens with zero attached hydrogens (tertiary/aromatic N) is 2. The summed E-state index contributed by atoms with van der Waals surface area (Å²) in [4.78, 5) is 4.06. The molecule has 0 saturated heterocycles. The molecule has 4 heteroatoms. The Hall–Kier alpha value is -0.880. The van der Waals surface area contributed by atoms with Crippen LogP contribution in [0.4, 0.5) is 0 Å². The molecule has 0 fully saturated rings. The van der Waals surface area contributed by atoms with Gasteiger partial charge >= 0.3 is 0 Å². The molecule has 1 heterocycles. The van der Waals surface area contributed by atoms with Crippen molar-refractivity contribution in [3.8, 4) is 0 Å². The molecule has 16 heavy (non-hydrogen) atoms. The van der Waals surface area contributed by atoms with Gasteiger partial charge in [-0.1, -0.05) is 30.3 Å². The molecule has 0 atom stereocenters. The van der Waals surface area contributed by atoms with Crippen molar-refractivity contribution in [2.24, 2.45) is 0 Å². The van der Waals surface area contributed by atoms with Gasteiger partial charge in [-0.2, -0.15) is 0 Å². The van der Waals surface area contributed by atoms with Crippen molar-refractivity contribution in [1.29, 1.82) is 0 Å². The number of rotatable bonds is 5. The van der Waals surface area contributed by atoms with Gasteiger partial charge in [0, 0.05) is 6.54 Å². The van der Waals surface area contributed by atoms with Crippen LogP contribution in [0.1, 0.15) is 5.56 Å². The number of hydrogen-bond donors (Lipinski definition) is 0. The second-order valence-corrected chi connectivity index (χ2v) is 4.55. The van der Waals surface area contributed by atoms with E-state index < -0.39 is 0 Å². The van der Waals surface area contributed by atoms with Crippen LogP contribution in [0.25, 0.3) is 0 Å². The fraction of sp³-hybridized carbons (Fsp3) is 0.250. The van der Waals surface area contributed by atoms with Crippen LogP contribution in [-0.2, 0) is 17.9 Å². The van der Waals surface area contributed by atoms with Gasteiger partial charge in [0.25, 0.3) is 0 Å². The predicted octanol–water partition coefficient (Wildman–Crippen LogP) is 2.70. The van der Waals surface area contributed by atoms with E-state index >= 15 is 0 Å². The average Bonchev–Trinajstić information content (AvgIpc) is 2.72. The molecule has 2 rings (SSSR count). The molecule has 0 bridgehead atoms. The van der Waals surface area contributed by atoms with Gasteiger partial charge in [0.05, 0.1) is 29.4 Å². The summed E-state index contributed by atoms with van der Waals surface area (Å²) in [6, 6.07) is 10.2. The van der Waals surface area contributed by atoms with E-state index in [4.69, 9.17) is 4.74 Å². The first kappa shape index (κ1) is 11.6. The lowest BCUT2D eigenvalue weighted by molar-refractivity contribution is 0.113. The maximum Gasteiger partial charge on any atom is 0.0995 e. The smallest absolute Gasteiger partial charge is 0.0995 e. The van der Waals surface area contributed by atoms with Gasteiger partial charge in [0.15, 0.2) is 0 Å². The molecule has 0 N–H and O–H groups in total. The van der Waals surface area contributed by atoms with Crippen LogP contribution < -0.4 is 0 Å². The van der Waals surface area contributed by atoms with Crippen molar-refractivity contribution >= 4 is 22.6 Å². The first-order valence-electron chi connectivity index (χ1n) is 5.13. The van der Waals surface area contributed by atoms with Crippen LogP contribution >= 0.6 is 22.6 Å². The van der Waals surface area contributed by atoms with E-state index in [0.717, 1.165) is 10.2 Å². The lowest BCUT2D eigenvalue weighted by Gasteiger charge is -2.06. The average molecular weight is 328 g/mol. The van der Waals surface area contributed by atoms with Crippen molar-refractivity contribution < 1.29 is 4.74 Å². The van der Waals surface area contributed by atoms with Crippen LogP contribution in [0.5, 0.6) is 0 Å². The number of halogens is 1. The number of ether oxygens (including phenoxy) is 1.